The molecule has 0 amide bonds. The van der Waals surface area contributed by atoms with Crippen molar-refractivity contribution in [1.29, 1.82) is 0 Å². The minimum atomic E-state index is -0.748. The predicted molar refractivity (Wildman–Crippen MR) is 137 cm³/mol. The molecule has 34 heavy (non-hydrogen) atoms. The molecule has 0 radical (unpaired) electrons. The highest BCUT2D eigenvalue weighted by atomic mass is 31.1. The summed E-state index contributed by atoms with van der Waals surface area (Å²) in [5.74, 6) is 0.153. The quantitative estimate of drug-likeness (QED) is 0.139. The molecule has 2 aromatic rings. The monoisotopic (exact) mass is 497 g/mol. The minimum Gasteiger partial charge on any atom is -0.464 e. The van der Waals surface area contributed by atoms with E-state index in [4.69, 9.17) is 19.8 Å². The molecule has 0 aliphatic carbocycles. The van der Waals surface area contributed by atoms with Crippen molar-refractivity contribution in [1.82, 2.24) is 24.6 Å². The van der Waals surface area contributed by atoms with Crippen LogP contribution in [0.5, 0.6) is 0 Å². The topological polar surface area (TPSA) is 139 Å². The first-order chi connectivity index (χ1) is 16.1. The predicted octanol–water partition coefficient (Wildman–Crippen LogP) is 3.84. The van der Waals surface area contributed by atoms with Crippen molar-refractivity contribution < 1.29 is 18.9 Å². The second-order valence-electron chi connectivity index (χ2n) is 8.42. The van der Waals surface area contributed by atoms with E-state index < -0.39 is 5.54 Å². The molecule has 0 saturated heterocycles. The average molecular weight is 498 g/mol. The van der Waals surface area contributed by atoms with E-state index in [0.29, 0.717) is 31.1 Å². The first kappa shape index (κ1) is 29.7. The fourth-order valence-corrected chi connectivity index (χ4v) is 3.29. The van der Waals surface area contributed by atoms with Crippen molar-refractivity contribution in [3.63, 3.8) is 0 Å². The lowest BCUT2D eigenvalue weighted by Crippen LogP contribution is -2.43. The SMILES string of the molecule is CCCCCOC(=O)C(C)(C)NPON=C(C)C.CCO[C@H](C)Cn1cnc2c(N)ncnc21. The zero-order valence-electron chi connectivity index (χ0n) is 21.4. The third-order valence-corrected chi connectivity index (χ3v) is 5.37. The lowest BCUT2D eigenvalue weighted by molar-refractivity contribution is -0.149. The van der Waals surface area contributed by atoms with Crippen molar-refractivity contribution in [3.8, 4) is 0 Å². The number of fused-ring (bicyclic) bond motifs is 1. The van der Waals surface area contributed by atoms with Gasteiger partial charge in [0.25, 0.3) is 0 Å². The number of anilines is 1. The second-order valence-corrected chi connectivity index (χ2v) is 9.06. The number of hydrogen-bond acceptors (Lipinski definition) is 10. The molecule has 0 aliphatic heterocycles. The third-order valence-electron chi connectivity index (χ3n) is 4.46. The maximum absolute atomic E-state index is 11.8. The summed E-state index contributed by atoms with van der Waals surface area (Å²) in [5.41, 5.74) is 7.18. The number of oxime groups is 1. The molecule has 0 spiro atoms. The van der Waals surface area contributed by atoms with E-state index in [1.54, 1.807) is 20.2 Å². The number of carbonyl (C=O) groups is 1. The maximum Gasteiger partial charge on any atom is 0.326 e. The summed E-state index contributed by atoms with van der Waals surface area (Å²) in [6.07, 6.45) is 6.39. The molecule has 12 heteroatoms. The molecule has 192 valence electrons. The number of nitrogen functional groups attached to an aromatic ring is 1. The van der Waals surface area contributed by atoms with Gasteiger partial charge in [0.2, 0.25) is 0 Å². The molecule has 0 bridgehead atoms. The van der Waals surface area contributed by atoms with Crippen LogP contribution in [0.1, 0.15) is 67.7 Å². The van der Waals surface area contributed by atoms with Crippen LogP contribution < -0.4 is 10.8 Å². The zero-order valence-corrected chi connectivity index (χ0v) is 22.4. The fourth-order valence-electron chi connectivity index (χ4n) is 2.66. The number of carbonyl (C=O) groups excluding carboxylic acids is 1. The number of ether oxygens (including phenoxy) is 2. The Morgan fingerprint density at radius 2 is 2.00 bits per heavy atom. The molecule has 3 N–H and O–H groups in total. The first-order valence-corrected chi connectivity index (χ1v) is 12.4. The molecule has 2 heterocycles. The van der Waals surface area contributed by atoms with Gasteiger partial charge in [-0.2, -0.15) is 0 Å². The number of nitrogens with zero attached hydrogens (tertiary/aromatic N) is 5. The van der Waals surface area contributed by atoms with E-state index in [9.17, 15) is 4.79 Å². The van der Waals surface area contributed by atoms with Crippen LogP contribution in [-0.2, 0) is 25.4 Å². The molecule has 0 fully saturated rings. The molecular formula is C22H40N7O4P. The molecule has 0 aliphatic rings. The summed E-state index contributed by atoms with van der Waals surface area (Å²) in [4.78, 5) is 24.0. The van der Waals surface area contributed by atoms with Gasteiger partial charge in [-0.05, 0) is 48.0 Å². The minimum absolute atomic E-state index is 0.0637. The Morgan fingerprint density at radius 1 is 1.26 bits per heavy atom. The Morgan fingerprint density at radius 3 is 2.65 bits per heavy atom. The summed E-state index contributed by atoms with van der Waals surface area (Å²) in [5, 5.41) is 6.77. The standard InChI is InChI=1S/C12H25N2O3P.C10H15N5O/c1-6-7-8-9-16-11(15)12(4,5)14-18-17-13-10(2)3;1-3-16-7(2)4-15-6-14-8-9(11)12-5-13-10(8)15/h14,18H,6-9H2,1-5H3;5-7H,3-4H2,1-2H3,(H2,11,12,13)/t;7-/m.1/s1. The summed E-state index contributed by atoms with van der Waals surface area (Å²) in [7, 11) is -0.0637. The van der Waals surface area contributed by atoms with Gasteiger partial charge in [-0.1, -0.05) is 24.9 Å². The van der Waals surface area contributed by atoms with Crippen LogP contribution in [0.15, 0.2) is 17.8 Å². The number of nitrogens with one attached hydrogen (secondary N) is 1. The van der Waals surface area contributed by atoms with E-state index in [1.807, 2.05) is 32.3 Å². The van der Waals surface area contributed by atoms with Crippen molar-refractivity contribution >= 4 is 37.6 Å². The number of imidazole rings is 1. The van der Waals surface area contributed by atoms with E-state index in [1.165, 1.54) is 6.33 Å². The Hall–Kier alpha value is -2.36. The number of aromatic nitrogens is 4. The van der Waals surface area contributed by atoms with Crippen molar-refractivity contribution in [2.75, 3.05) is 18.9 Å². The highest BCUT2D eigenvalue weighted by Gasteiger charge is 2.29. The number of hydrogen-bond donors (Lipinski definition) is 2. The van der Waals surface area contributed by atoms with Crippen LogP contribution >= 0.6 is 8.96 Å². The summed E-state index contributed by atoms with van der Waals surface area (Å²) < 4.78 is 17.6. The zero-order chi connectivity index (χ0) is 25.6. The average Bonchev–Trinajstić information content (AvgIpc) is 3.18. The highest BCUT2D eigenvalue weighted by Crippen LogP contribution is 2.17. The van der Waals surface area contributed by atoms with Crippen LogP contribution in [0, 0.1) is 0 Å². The fraction of sp³-hybridized carbons (Fsp3) is 0.682. The van der Waals surface area contributed by atoms with Crippen molar-refractivity contribution in [2.45, 2.75) is 85.9 Å². The molecular weight excluding hydrogens is 457 g/mol. The van der Waals surface area contributed by atoms with Crippen LogP contribution in [0.25, 0.3) is 11.2 Å². The smallest absolute Gasteiger partial charge is 0.326 e. The third kappa shape index (κ3) is 10.7. The Labute approximate surface area is 204 Å². The maximum atomic E-state index is 11.8. The summed E-state index contributed by atoms with van der Waals surface area (Å²) >= 11 is 0. The van der Waals surface area contributed by atoms with Crippen molar-refractivity contribution in [2.24, 2.45) is 5.16 Å². The Bertz CT molecular complexity index is 901. The van der Waals surface area contributed by atoms with E-state index >= 15 is 0 Å². The van der Waals surface area contributed by atoms with Crippen LogP contribution in [0.2, 0.25) is 0 Å². The number of rotatable bonds is 13. The van der Waals surface area contributed by atoms with Crippen molar-refractivity contribution in [3.05, 3.63) is 12.7 Å². The van der Waals surface area contributed by atoms with E-state index in [0.717, 1.165) is 30.6 Å². The summed E-state index contributed by atoms with van der Waals surface area (Å²) in [6.45, 7) is 15.2. The lowest BCUT2D eigenvalue weighted by Gasteiger charge is -2.22. The van der Waals surface area contributed by atoms with Gasteiger partial charge in [-0.3, -0.25) is 4.79 Å². The molecule has 2 rings (SSSR count). The van der Waals surface area contributed by atoms with Crippen LogP contribution in [-0.4, -0.2) is 56.1 Å². The van der Waals surface area contributed by atoms with E-state index in [-0.39, 0.29) is 21.0 Å². The van der Waals surface area contributed by atoms with E-state index in [2.05, 4.69) is 32.1 Å². The normalized spacial score (nSPS) is 12.3. The van der Waals surface area contributed by atoms with Crippen LogP contribution in [0.4, 0.5) is 5.82 Å². The van der Waals surface area contributed by atoms with Gasteiger partial charge >= 0.3 is 5.97 Å². The molecule has 2 atom stereocenters. The molecule has 11 nitrogen and oxygen atoms in total. The molecule has 0 saturated carbocycles. The van der Waals surface area contributed by atoms with Gasteiger partial charge in [0.1, 0.15) is 17.4 Å². The first-order valence-electron chi connectivity index (χ1n) is 11.5. The molecule has 1 unspecified atom stereocenters. The van der Waals surface area contributed by atoms with Gasteiger partial charge in [0.05, 0.1) is 31.3 Å². The van der Waals surface area contributed by atoms with Gasteiger partial charge in [-0.25, -0.2) is 20.0 Å². The summed E-state index contributed by atoms with van der Waals surface area (Å²) in [6, 6.07) is 0. The number of unbranched alkanes of at least 4 members (excludes halogenated alkanes) is 2. The van der Waals surface area contributed by atoms with Gasteiger partial charge < -0.3 is 24.4 Å². The Balaban J connectivity index is 0.000000341. The van der Waals surface area contributed by atoms with Gasteiger partial charge in [0.15, 0.2) is 20.4 Å². The second kappa shape index (κ2) is 15.5. The number of nitrogens with two attached hydrogens (primary N) is 1. The van der Waals surface area contributed by atoms with Crippen LogP contribution in [0.3, 0.4) is 0 Å². The largest absolute Gasteiger partial charge is 0.464 e. The Kier molecular flexibility index (Phi) is 13.5. The van der Waals surface area contributed by atoms with Gasteiger partial charge in [0, 0.05) is 6.61 Å². The number of esters is 1. The lowest BCUT2D eigenvalue weighted by atomic mass is 10.1. The highest BCUT2D eigenvalue weighted by molar-refractivity contribution is 7.29. The van der Waals surface area contributed by atoms with Gasteiger partial charge in [-0.15, -0.1) is 0 Å². The molecule has 2 aromatic heterocycles. The molecule has 0 aromatic carbocycles.